The molecule has 0 aliphatic heterocycles. The van der Waals surface area contributed by atoms with Crippen molar-refractivity contribution in [3.63, 3.8) is 0 Å². The molecule has 0 bridgehead atoms. The van der Waals surface area contributed by atoms with Crippen molar-refractivity contribution in [2.45, 2.75) is 50.2 Å². The number of benzene rings is 1. The molecule has 0 aromatic heterocycles. The van der Waals surface area contributed by atoms with E-state index >= 15 is 0 Å². The zero-order valence-corrected chi connectivity index (χ0v) is 13.5. The van der Waals surface area contributed by atoms with Crippen LogP contribution < -0.4 is 5.32 Å². The van der Waals surface area contributed by atoms with Crippen molar-refractivity contribution < 1.29 is 27.9 Å². The monoisotopic (exact) mass is 363 g/mol. The lowest BCUT2D eigenvalue weighted by molar-refractivity contribution is -0.138. The van der Waals surface area contributed by atoms with Crippen molar-refractivity contribution in [1.29, 1.82) is 0 Å². The molecule has 2 rings (SSSR count). The van der Waals surface area contributed by atoms with Gasteiger partial charge in [0.25, 0.3) is 0 Å². The van der Waals surface area contributed by atoms with Crippen LogP contribution in [-0.2, 0) is 21.3 Å². The van der Waals surface area contributed by atoms with Crippen LogP contribution in [0.15, 0.2) is 18.2 Å². The van der Waals surface area contributed by atoms with Crippen LogP contribution in [0.3, 0.4) is 0 Å². The number of carbonyl (C=O) groups is 2. The summed E-state index contributed by atoms with van der Waals surface area (Å²) in [6, 6.07) is 3.09. The molecule has 8 heteroatoms. The number of nitrogens with one attached hydrogen (secondary N) is 1. The van der Waals surface area contributed by atoms with Crippen LogP contribution in [0.25, 0.3) is 0 Å². The summed E-state index contributed by atoms with van der Waals surface area (Å²) in [6.07, 6.45) is -2.53. The molecule has 0 unspecified atom stereocenters. The normalized spacial score (nSPS) is 15.8. The van der Waals surface area contributed by atoms with Gasteiger partial charge in [0.15, 0.2) is 0 Å². The summed E-state index contributed by atoms with van der Waals surface area (Å²) in [7, 11) is 0. The third-order valence-electron chi connectivity index (χ3n) is 3.98. The van der Waals surface area contributed by atoms with E-state index < -0.39 is 23.2 Å². The average Bonchev–Trinajstić information content (AvgIpc) is 3.23. The highest BCUT2D eigenvalue weighted by molar-refractivity contribution is 6.31. The van der Waals surface area contributed by atoms with Gasteiger partial charge in [-0.2, -0.15) is 13.2 Å². The Morgan fingerprint density at radius 2 is 1.83 bits per heavy atom. The molecule has 2 N–H and O–H groups in total. The number of carboxylic acid groups (broad SMARTS) is 1. The van der Waals surface area contributed by atoms with E-state index in [9.17, 15) is 22.8 Å². The molecule has 1 aliphatic rings. The fourth-order valence-electron chi connectivity index (χ4n) is 2.55. The van der Waals surface area contributed by atoms with Gasteiger partial charge < -0.3 is 10.4 Å². The van der Waals surface area contributed by atoms with Crippen molar-refractivity contribution in [3.8, 4) is 0 Å². The van der Waals surface area contributed by atoms with E-state index in [0.717, 1.165) is 12.1 Å². The molecule has 132 valence electrons. The highest BCUT2D eigenvalue weighted by atomic mass is 35.5. The van der Waals surface area contributed by atoms with Gasteiger partial charge in [0.05, 0.1) is 11.1 Å². The molecule has 1 amide bonds. The highest BCUT2D eigenvalue weighted by Gasteiger charge is 2.47. The van der Waals surface area contributed by atoms with Gasteiger partial charge in [0, 0.05) is 17.9 Å². The Morgan fingerprint density at radius 1 is 1.21 bits per heavy atom. The fourth-order valence-corrected chi connectivity index (χ4v) is 2.84. The quantitative estimate of drug-likeness (QED) is 0.716. The maximum Gasteiger partial charge on any atom is 0.416 e. The topological polar surface area (TPSA) is 66.4 Å². The van der Waals surface area contributed by atoms with Gasteiger partial charge in [0.2, 0.25) is 5.91 Å². The van der Waals surface area contributed by atoms with Crippen LogP contribution in [-0.4, -0.2) is 17.0 Å². The first kappa shape index (κ1) is 18.6. The summed E-state index contributed by atoms with van der Waals surface area (Å²) in [5.41, 5.74) is -1.37. The van der Waals surface area contributed by atoms with Gasteiger partial charge in [-0.15, -0.1) is 0 Å². The van der Waals surface area contributed by atoms with Crippen molar-refractivity contribution in [3.05, 3.63) is 34.3 Å². The van der Waals surface area contributed by atoms with E-state index in [-0.39, 0.29) is 29.3 Å². The number of hydrogen-bond donors (Lipinski definition) is 2. The molecule has 0 heterocycles. The maximum absolute atomic E-state index is 12.9. The Kier molecular flexibility index (Phi) is 5.42. The zero-order chi connectivity index (χ0) is 18.0. The number of halogens is 4. The molecule has 1 aromatic carbocycles. The van der Waals surface area contributed by atoms with Crippen LogP contribution in [0.2, 0.25) is 5.02 Å². The lowest BCUT2D eigenvalue weighted by atomic mass is 10.0. The SMILES string of the molecule is O=C(O)CCCCC(=O)NC1(c2cc(C(F)(F)F)ccc2Cl)CC1. The number of hydrogen-bond acceptors (Lipinski definition) is 2. The van der Waals surface area contributed by atoms with E-state index in [1.807, 2.05) is 0 Å². The predicted octanol–water partition coefficient (Wildman–Crippen LogP) is 4.11. The van der Waals surface area contributed by atoms with Gasteiger partial charge in [-0.1, -0.05) is 11.6 Å². The molecule has 0 spiro atoms. The van der Waals surface area contributed by atoms with E-state index in [0.29, 0.717) is 25.7 Å². The summed E-state index contributed by atoms with van der Waals surface area (Å²) in [6.45, 7) is 0. The second-order valence-electron chi connectivity index (χ2n) is 5.92. The minimum atomic E-state index is -4.48. The van der Waals surface area contributed by atoms with Crippen LogP contribution in [0.4, 0.5) is 13.2 Å². The minimum absolute atomic E-state index is 0.0160. The Labute approximate surface area is 142 Å². The van der Waals surface area contributed by atoms with Crippen LogP contribution in [0.1, 0.15) is 49.7 Å². The van der Waals surface area contributed by atoms with Gasteiger partial charge in [0.1, 0.15) is 0 Å². The van der Waals surface area contributed by atoms with Gasteiger partial charge in [-0.05, 0) is 49.4 Å². The lowest BCUT2D eigenvalue weighted by Crippen LogP contribution is -2.35. The largest absolute Gasteiger partial charge is 0.481 e. The van der Waals surface area contributed by atoms with Crippen molar-refractivity contribution in [2.75, 3.05) is 0 Å². The van der Waals surface area contributed by atoms with Crippen LogP contribution in [0, 0.1) is 0 Å². The Bertz CT molecular complexity index is 642. The van der Waals surface area contributed by atoms with E-state index in [1.54, 1.807) is 0 Å². The Balaban J connectivity index is 2.03. The average molecular weight is 364 g/mol. The number of alkyl halides is 3. The van der Waals surface area contributed by atoms with E-state index in [2.05, 4.69) is 5.32 Å². The van der Waals surface area contributed by atoms with E-state index in [4.69, 9.17) is 16.7 Å². The molecule has 1 saturated carbocycles. The standard InChI is InChI=1S/C16H17ClF3NO3/c17-12-6-5-10(16(18,19)20)9-11(12)15(7-8-15)21-13(22)3-1-2-4-14(23)24/h5-6,9H,1-4,7-8H2,(H,21,22)(H,23,24). The number of amides is 1. The second-order valence-corrected chi connectivity index (χ2v) is 6.33. The zero-order valence-electron chi connectivity index (χ0n) is 12.8. The van der Waals surface area contributed by atoms with Gasteiger partial charge >= 0.3 is 12.1 Å². The number of rotatable bonds is 7. The molecule has 1 aliphatic carbocycles. The molecule has 0 atom stereocenters. The van der Waals surface area contributed by atoms with Gasteiger partial charge in [-0.25, -0.2) is 0 Å². The molecule has 24 heavy (non-hydrogen) atoms. The van der Waals surface area contributed by atoms with E-state index in [1.165, 1.54) is 6.07 Å². The van der Waals surface area contributed by atoms with Crippen molar-refractivity contribution in [1.82, 2.24) is 5.32 Å². The first-order valence-electron chi connectivity index (χ1n) is 7.54. The molecule has 1 aromatic rings. The first-order chi connectivity index (χ1) is 11.1. The number of carbonyl (C=O) groups excluding carboxylic acids is 1. The summed E-state index contributed by atoms with van der Waals surface area (Å²) in [4.78, 5) is 22.4. The van der Waals surface area contributed by atoms with Gasteiger partial charge in [-0.3, -0.25) is 9.59 Å². The number of carboxylic acids is 1. The smallest absolute Gasteiger partial charge is 0.416 e. The number of unbranched alkanes of at least 4 members (excludes halogenated alkanes) is 1. The molecule has 0 saturated heterocycles. The molecule has 1 fully saturated rings. The number of aliphatic carboxylic acids is 1. The third-order valence-corrected chi connectivity index (χ3v) is 4.31. The summed E-state index contributed by atoms with van der Waals surface area (Å²) in [5.74, 6) is -1.24. The van der Waals surface area contributed by atoms with Crippen molar-refractivity contribution >= 4 is 23.5 Å². The lowest BCUT2D eigenvalue weighted by Gasteiger charge is -2.21. The minimum Gasteiger partial charge on any atom is -0.481 e. The fraction of sp³-hybridized carbons (Fsp3) is 0.500. The molecule has 4 nitrogen and oxygen atoms in total. The summed E-state index contributed by atoms with van der Waals surface area (Å²) < 4.78 is 38.6. The van der Waals surface area contributed by atoms with Crippen LogP contribution >= 0.6 is 11.6 Å². The second kappa shape index (κ2) is 7.01. The predicted molar refractivity (Wildman–Crippen MR) is 81.6 cm³/mol. The summed E-state index contributed by atoms with van der Waals surface area (Å²) in [5, 5.41) is 11.5. The Morgan fingerprint density at radius 3 is 2.38 bits per heavy atom. The van der Waals surface area contributed by atoms with Crippen LogP contribution in [0.5, 0.6) is 0 Å². The molecule has 0 radical (unpaired) electrons. The molecular weight excluding hydrogens is 347 g/mol. The van der Waals surface area contributed by atoms with Crippen molar-refractivity contribution in [2.24, 2.45) is 0 Å². The summed E-state index contributed by atoms with van der Waals surface area (Å²) >= 11 is 6.03. The Hall–Kier alpha value is -1.76. The third kappa shape index (κ3) is 4.63. The maximum atomic E-state index is 12.9. The highest BCUT2D eigenvalue weighted by Crippen LogP contribution is 2.49. The first-order valence-corrected chi connectivity index (χ1v) is 7.92. The molecular formula is C16H17ClF3NO3.